The molecule has 1 aliphatic heterocycles. The van der Waals surface area contributed by atoms with E-state index in [1.54, 1.807) is 31.2 Å². The normalized spacial score (nSPS) is 16.2. The molecule has 0 saturated heterocycles. The molecule has 0 spiro atoms. The van der Waals surface area contributed by atoms with Gasteiger partial charge in [-0.25, -0.2) is 8.42 Å². The molecule has 1 heterocycles. The van der Waals surface area contributed by atoms with Crippen LogP contribution in [0.25, 0.3) is 0 Å². The van der Waals surface area contributed by atoms with Gasteiger partial charge in [-0.05, 0) is 49.6 Å². The Kier molecular flexibility index (Phi) is 6.24. The van der Waals surface area contributed by atoms with Crippen LogP contribution in [0.4, 0.5) is 11.4 Å². The third-order valence-corrected chi connectivity index (χ3v) is 6.52. The number of hydrogen-bond donors (Lipinski definition) is 1. The van der Waals surface area contributed by atoms with Crippen molar-refractivity contribution in [3.8, 4) is 5.75 Å². The average molecular weight is 403 g/mol. The first kappa shape index (κ1) is 20.2. The fraction of sp³-hybridized carbons (Fsp3) is 0.381. The number of ether oxygens (including phenoxy) is 1. The van der Waals surface area contributed by atoms with Crippen LogP contribution >= 0.6 is 0 Å². The van der Waals surface area contributed by atoms with Gasteiger partial charge < -0.3 is 10.1 Å². The molecule has 0 radical (unpaired) electrons. The van der Waals surface area contributed by atoms with E-state index in [1.807, 2.05) is 24.3 Å². The maximum absolute atomic E-state index is 12.7. The summed E-state index contributed by atoms with van der Waals surface area (Å²) in [7, 11) is -3.52. The Bertz CT molecular complexity index is 926. The van der Waals surface area contributed by atoms with E-state index < -0.39 is 16.1 Å². The number of rotatable bonds is 7. The number of nitrogens with one attached hydrogen (secondary N) is 1. The van der Waals surface area contributed by atoms with Crippen LogP contribution in [0.1, 0.15) is 32.3 Å². The number of sulfonamides is 1. The largest absolute Gasteiger partial charge is 0.476 e. The number of fused-ring (bicyclic) bond motifs is 1. The van der Waals surface area contributed by atoms with Crippen LogP contribution in [-0.2, 0) is 21.2 Å². The zero-order chi connectivity index (χ0) is 20.1. The van der Waals surface area contributed by atoms with Gasteiger partial charge in [-0.3, -0.25) is 9.10 Å². The van der Waals surface area contributed by atoms with E-state index in [9.17, 15) is 13.2 Å². The summed E-state index contributed by atoms with van der Waals surface area (Å²) in [4.78, 5) is 12.7. The molecule has 0 unspecified atom stereocenters. The van der Waals surface area contributed by atoms with Crippen LogP contribution in [0.15, 0.2) is 48.5 Å². The van der Waals surface area contributed by atoms with E-state index in [1.165, 1.54) is 9.87 Å². The Labute approximate surface area is 166 Å². The first-order valence-corrected chi connectivity index (χ1v) is 11.2. The van der Waals surface area contributed by atoms with Gasteiger partial charge in [0.2, 0.25) is 10.0 Å². The van der Waals surface area contributed by atoms with Gasteiger partial charge in [0.05, 0.1) is 18.0 Å². The number of carbonyl (C=O) groups excluding carboxylic acids is 1. The molecular formula is C21H26N2O4S. The highest BCUT2D eigenvalue weighted by molar-refractivity contribution is 7.92. The van der Waals surface area contributed by atoms with Gasteiger partial charge in [0.15, 0.2) is 6.10 Å². The van der Waals surface area contributed by atoms with E-state index >= 15 is 0 Å². The summed E-state index contributed by atoms with van der Waals surface area (Å²) in [5, 5.41) is 2.83. The maximum atomic E-state index is 12.7. The number of anilines is 2. The zero-order valence-electron chi connectivity index (χ0n) is 16.2. The number of amides is 1. The average Bonchev–Trinajstić information content (AvgIpc) is 2.72. The number of unbranched alkanes of at least 4 members (excludes halogenated alkanes) is 1. The Morgan fingerprint density at radius 3 is 2.54 bits per heavy atom. The van der Waals surface area contributed by atoms with Crippen molar-refractivity contribution in [1.29, 1.82) is 0 Å². The molecule has 2 aromatic carbocycles. The Morgan fingerprint density at radius 1 is 1.14 bits per heavy atom. The van der Waals surface area contributed by atoms with Crippen molar-refractivity contribution >= 4 is 27.3 Å². The van der Waals surface area contributed by atoms with Crippen LogP contribution in [0.3, 0.4) is 0 Å². The van der Waals surface area contributed by atoms with Crippen molar-refractivity contribution in [3.05, 3.63) is 54.1 Å². The van der Waals surface area contributed by atoms with Crippen molar-refractivity contribution in [1.82, 2.24) is 0 Å². The standard InChI is InChI=1S/C21H26N2O4S/c1-3-5-8-16-11-13-17(14-12-16)22-21(24)20-15-23(28(25,26)4-2)18-9-6-7-10-19(18)27-20/h6-7,9-14,20H,3-5,8,15H2,1-2H3,(H,22,24)/t20-/m0/s1. The number of benzene rings is 2. The van der Waals surface area contributed by atoms with Crippen LogP contribution in [-0.4, -0.2) is 32.7 Å². The van der Waals surface area contributed by atoms with Crippen molar-refractivity contribution in [2.75, 3.05) is 21.9 Å². The van der Waals surface area contributed by atoms with Crippen molar-refractivity contribution in [2.24, 2.45) is 0 Å². The Hall–Kier alpha value is -2.54. The van der Waals surface area contributed by atoms with Crippen LogP contribution in [0.2, 0.25) is 0 Å². The molecule has 0 fully saturated rings. The van der Waals surface area contributed by atoms with E-state index in [2.05, 4.69) is 12.2 Å². The highest BCUT2D eigenvalue weighted by Crippen LogP contribution is 2.35. The second-order valence-electron chi connectivity index (χ2n) is 6.80. The number of nitrogens with zero attached hydrogens (tertiary/aromatic N) is 1. The summed E-state index contributed by atoms with van der Waals surface area (Å²) in [6.45, 7) is 3.69. The van der Waals surface area contributed by atoms with Crippen LogP contribution in [0, 0.1) is 0 Å². The molecular weight excluding hydrogens is 376 g/mol. The first-order chi connectivity index (χ1) is 13.4. The molecule has 28 heavy (non-hydrogen) atoms. The summed E-state index contributed by atoms with van der Waals surface area (Å²) in [5.74, 6) is -0.0255. The quantitative estimate of drug-likeness (QED) is 0.768. The van der Waals surface area contributed by atoms with Gasteiger partial charge in [0.25, 0.3) is 5.91 Å². The minimum absolute atomic E-state index is 0.0467. The lowest BCUT2D eigenvalue weighted by Crippen LogP contribution is -2.49. The zero-order valence-corrected chi connectivity index (χ0v) is 17.0. The topological polar surface area (TPSA) is 75.7 Å². The van der Waals surface area contributed by atoms with E-state index in [-0.39, 0.29) is 18.2 Å². The molecule has 7 heteroatoms. The smallest absolute Gasteiger partial charge is 0.267 e. The fourth-order valence-electron chi connectivity index (χ4n) is 3.12. The minimum atomic E-state index is -3.52. The van der Waals surface area contributed by atoms with Crippen LogP contribution in [0.5, 0.6) is 5.75 Å². The van der Waals surface area contributed by atoms with E-state index in [0.29, 0.717) is 17.1 Å². The first-order valence-electron chi connectivity index (χ1n) is 9.60. The molecule has 1 N–H and O–H groups in total. The highest BCUT2D eigenvalue weighted by Gasteiger charge is 2.35. The van der Waals surface area contributed by atoms with E-state index in [4.69, 9.17) is 4.74 Å². The summed E-state index contributed by atoms with van der Waals surface area (Å²) in [5.41, 5.74) is 2.36. The number of aryl methyl sites for hydroxylation is 1. The predicted molar refractivity (Wildman–Crippen MR) is 111 cm³/mol. The minimum Gasteiger partial charge on any atom is -0.476 e. The molecule has 3 rings (SSSR count). The number of hydrogen-bond acceptors (Lipinski definition) is 4. The van der Waals surface area contributed by atoms with Crippen molar-refractivity contribution in [2.45, 2.75) is 39.2 Å². The van der Waals surface area contributed by atoms with Gasteiger partial charge in [-0.1, -0.05) is 37.6 Å². The fourth-order valence-corrected chi connectivity index (χ4v) is 4.24. The SMILES string of the molecule is CCCCc1ccc(NC(=O)[C@@H]2CN(S(=O)(=O)CC)c3ccccc3O2)cc1. The van der Waals surface area contributed by atoms with Gasteiger partial charge in [0, 0.05) is 5.69 Å². The predicted octanol–water partition coefficient (Wildman–Crippen LogP) is 3.59. The van der Waals surface area contributed by atoms with E-state index in [0.717, 1.165) is 19.3 Å². The third-order valence-electron chi connectivity index (χ3n) is 4.77. The van der Waals surface area contributed by atoms with Gasteiger partial charge in [0.1, 0.15) is 5.75 Å². The molecule has 0 aromatic heterocycles. The second-order valence-corrected chi connectivity index (χ2v) is 8.98. The summed E-state index contributed by atoms with van der Waals surface area (Å²) >= 11 is 0. The van der Waals surface area contributed by atoms with Gasteiger partial charge >= 0.3 is 0 Å². The second kappa shape index (κ2) is 8.65. The molecule has 1 amide bonds. The third kappa shape index (κ3) is 4.47. The lowest BCUT2D eigenvalue weighted by atomic mass is 10.1. The molecule has 0 bridgehead atoms. The molecule has 1 atom stereocenters. The number of carbonyl (C=O) groups is 1. The highest BCUT2D eigenvalue weighted by atomic mass is 32.2. The summed E-state index contributed by atoms with van der Waals surface area (Å²) < 4.78 is 32.1. The van der Waals surface area contributed by atoms with Crippen molar-refractivity contribution < 1.29 is 17.9 Å². The van der Waals surface area contributed by atoms with Crippen molar-refractivity contribution in [3.63, 3.8) is 0 Å². The molecule has 1 aliphatic rings. The number of para-hydroxylation sites is 2. The monoisotopic (exact) mass is 402 g/mol. The van der Waals surface area contributed by atoms with Gasteiger partial charge in [-0.15, -0.1) is 0 Å². The molecule has 0 saturated carbocycles. The lowest BCUT2D eigenvalue weighted by molar-refractivity contribution is -0.122. The molecule has 150 valence electrons. The Morgan fingerprint density at radius 2 is 1.86 bits per heavy atom. The van der Waals surface area contributed by atoms with Crippen LogP contribution < -0.4 is 14.4 Å². The molecule has 6 nitrogen and oxygen atoms in total. The van der Waals surface area contributed by atoms with Gasteiger partial charge in [-0.2, -0.15) is 0 Å². The summed E-state index contributed by atoms with van der Waals surface area (Å²) in [6.07, 6.45) is 2.35. The molecule has 2 aromatic rings. The Balaban J connectivity index is 1.75. The lowest BCUT2D eigenvalue weighted by Gasteiger charge is -2.34. The molecule has 0 aliphatic carbocycles. The summed E-state index contributed by atoms with van der Waals surface area (Å²) in [6, 6.07) is 14.6. The maximum Gasteiger partial charge on any atom is 0.267 e.